The molecule has 31 heavy (non-hydrogen) atoms. The summed E-state index contributed by atoms with van der Waals surface area (Å²) in [5, 5.41) is 0.864. The van der Waals surface area contributed by atoms with Crippen LogP contribution in [0.4, 0.5) is 10.1 Å². The van der Waals surface area contributed by atoms with E-state index in [1.165, 1.54) is 12.1 Å². The van der Waals surface area contributed by atoms with Gasteiger partial charge in [-0.05, 0) is 30.7 Å². The van der Waals surface area contributed by atoms with Crippen molar-refractivity contribution in [1.82, 2.24) is 9.88 Å². The fourth-order valence-corrected chi connectivity index (χ4v) is 3.45. The van der Waals surface area contributed by atoms with Crippen LogP contribution in [-0.2, 0) is 4.74 Å². The standard InChI is InChI=1S/C23H26FN3O4/c1-28-21-13-16-3-6-23(31-20-5-4-17(25)14-18(20)24)26-19(16)15-22(21)30-10-2-7-27-8-11-29-12-9-27/h3-6,13-15H,2,7-12,25H2,1H3. The summed E-state index contributed by atoms with van der Waals surface area (Å²) in [4.78, 5) is 6.86. The smallest absolute Gasteiger partial charge is 0.219 e. The van der Waals surface area contributed by atoms with Gasteiger partial charge >= 0.3 is 0 Å². The normalized spacial score (nSPS) is 14.5. The molecular formula is C23H26FN3O4. The molecule has 0 unspecified atom stereocenters. The van der Waals surface area contributed by atoms with Gasteiger partial charge in [-0.3, -0.25) is 4.90 Å². The van der Waals surface area contributed by atoms with Crippen LogP contribution >= 0.6 is 0 Å². The fraction of sp³-hybridized carbons (Fsp3) is 0.348. The quantitative estimate of drug-likeness (QED) is 0.432. The molecule has 2 N–H and O–H groups in total. The lowest BCUT2D eigenvalue weighted by molar-refractivity contribution is 0.0357. The van der Waals surface area contributed by atoms with Crippen molar-refractivity contribution in [2.75, 3.05) is 52.3 Å². The molecule has 1 aromatic heterocycles. The van der Waals surface area contributed by atoms with Crippen LogP contribution in [0, 0.1) is 5.82 Å². The largest absolute Gasteiger partial charge is 0.493 e. The Labute approximate surface area is 180 Å². The monoisotopic (exact) mass is 427 g/mol. The molecule has 1 fully saturated rings. The summed E-state index contributed by atoms with van der Waals surface area (Å²) in [5.74, 6) is 1.05. The number of rotatable bonds is 8. The second-order valence-electron chi connectivity index (χ2n) is 7.29. The first kappa shape index (κ1) is 21.1. The van der Waals surface area contributed by atoms with Crippen LogP contribution in [0.25, 0.3) is 10.9 Å². The van der Waals surface area contributed by atoms with Crippen molar-refractivity contribution in [3.63, 3.8) is 0 Å². The van der Waals surface area contributed by atoms with Crippen molar-refractivity contribution in [2.24, 2.45) is 0 Å². The average molecular weight is 427 g/mol. The highest BCUT2D eigenvalue weighted by Crippen LogP contribution is 2.33. The number of halogens is 1. The first-order valence-electron chi connectivity index (χ1n) is 10.3. The average Bonchev–Trinajstić information content (AvgIpc) is 2.78. The maximum Gasteiger partial charge on any atom is 0.219 e. The molecule has 2 aromatic carbocycles. The van der Waals surface area contributed by atoms with Gasteiger partial charge in [0, 0.05) is 48.9 Å². The zero-order valence-corrected chi connectivity index (χ0v) is 17.5. The van der Waals surface area contributed by atoms with Gasteiger partial charge in [0.2, 0.25) is 5.88 Å². The van der Waals surface area contributed by atoms with Crippen LogP contribution < -0.4 is 19.9 Å². The van der Waals surface area contributed by atoms with E-state index < -0.39 is 5.82 Å². The van der Waals surface area contributed by atoms with Crippen LogP contribution in [0.3, 0.4) is 0 Å². The molecule has 164 valence electrons. The zero-order chi connectivity index (χ0) is 21.6. The summed E-state index contributed by atoms with van der Waals surface area (Å²) in [5.41, 5.74) is 6.58. The molecule has 1 saturated heterocycles. The second kappa shape index (κ2) is 9.80. The van der Waals surface area contributed by atoms with Gasteiger partial charge in [0.1, 0.15) is 0 Å². The summed E-state index contributed by atoms with van der Waals surface area (Å²) in [6.45, 7) is 5.02. The molecule has 3 aromatic rings. The van der Waals surface area contributed by atoms with Gasteiger partial charge in [-0.1, -0.05) is 0 Å². The number of nitrogen functional groups attached to an aromatic ring is 1. The lowest BCUT2D eigenvalue weighted by Gasteiger charge is -2.26. The Hall–Kier alpha value is -3.10. The van der Waals surface area contributed by atoms with E-state index >= 15 is 0 Å². The number of anilines is 1. The molecule has 1 aliphatic rings. The number of morpholine rings is 1. The number of benzene rings is 2. The minimum absolute atomic E-state index is 0.0640. The number of ether oxygens (including phenoxy) is 4. The molecule has 0 atom stereocenters. The van der Waals surface area contributed by atoms with Crippen LogP contribution in [0.15, 0.2) is 42.5 Å². The molecular weight excluding hydrogens is 401 g/mol. The SMILES string of the molecule is COc1cc2ccc(Oc3ccc(N)cc3F)nc2cc1OCCCN1CCOCC1. The molecule has 0 radical (unpaired) electrons. The third-order valence-corrected chi connectivity index (χ3v) is 5.10. The molecule has 4 rings (SSSR count). The van der Waals surface area contributed by atoms with Crippen molar-refractivity contribution in [2.45, 2.75) is 6.42 Å². The molecule has 1 aliphatic heterocycles. The van der Waals surface area contributed by atoms with E-state index in [0.29, 0.717) is 29.3 Å². The molecule has 7 nitrogen and oxygen atoms in total. The Bertz CT molecular complexity index is 1040. The van der Waals surface area contributed by atoms with Gasteiger partial charge in [0.25, 0.3) is 0 Å². The molecule has 0 saturated carbocycles. The number of methoxy groups -OCH3 is 1. The number of fused-ring (bicyclic) bond motifs is 1. The Morgan fingerprint density at radius 3 is 2.68 bits per heavy atom. The van der Waals surface area contributed by atoms with Crippen LogP contribution in [0.2, 0.25) is 0 Å². The van der Waals surface area contributed by atoms with Crippen molar-refractivity contribution in [3.8, 4) is 23.1 Å². The summed E-state index contributed by atoms with van der Waals surface area (Å²) in [6.07, 6.45) is 0.897. The van der Waals surface area contributed by atoms with E-state index in [-0.39, 0.29) is 11.6 Å². The molecule has 2 heterocycles. The fourth-order valence-electron chi connectivity index (χ4n) is 3.45. The highest BCUT2D eigenvalue weighted by atomic mass is 19.1. The van der Waals surface area contributed by atoms with Gasteiger partial charge in [-0.25, -0.2) is 9.37 Å². The van der Waals surface area contributed by atoms with Gasteiger partial charge in [0.05, 0.1) is 32.4 Å². The van der Waals surface area contributed by atoms with Crippen molar-refractivity contribution < 1.29 is 23.3 Å². The van der Waals surface area contributed by atoms with Crippen molar-refractivity contribution >= 4 is 16.6 Å². The molecule has 0 amide bonds. The van der Waals surface area contributed by atoms with Gasteiger partial charge in [-0.2, -0.15) is 0 Å². The number of hydrogen-bond donors (Lipinski definition) is 1. The van der Waals surface area contributed by atoms with Crippen molar-refractivity contribution in [1.29, 1.82) is 0 Å². The Balaban J connectivity index is 1.46. The highest BCUT2D eigenvalue weighted by molar-refractivity contribution is 5.83. The molecule has 8 heteroatoms. The van der Waals surface area contributed by atoms with Crippen LogP contribution in [0.1, 0.15) is 6.42 Å². The van der Waals surface area contributed by atoms with E-state index in [4.69, 9.17) is 24.7 Å². The highest BCUT2D eigenvalue weighted by Gasteiger charge is 2.12. The van der Waals surface area contributed by atoms with E-state index in [9.17, 15) is 4.39 Å². The van der Waals surface area contributed by atoms with Crippen molar-refractivity contribution in [3.05, 3.63) is 48.3 Å². The summed E-state index contributed by atoms with van der Waals surface area (Å²) in [7, 11) is 1.61. The lowest BCUT2D eigenvalue weighted by Crippen LogP contribution is -2.37. The zero-order valence-electron chi connectivity index (χ0n) is 17.5. The Morgan fingerprint density at radius 2 is 1.90 bits per heavy atom. The molecule has 0 bridgehead atoms. The lowest BCUT2D eigenvalue weighted by atomic mass is 10.2. The minimum Gasteiger partial charge on any atom is -0.493 e. The Morgan fingerprint density at radius 1 is 1.06 bits per heavy atom. The predicted molar refractivity (Wildman–Crippen MR) is 117 cm³/mol. The first-order chi connectivity index (χ1) is 15.1. The van der Waals surface area contributed by atoms with E-state index in [1.807, 2.05) is 18.2 Å². The number of pyridine rings is 1. The first-order valence-corrected chi connectivity index (χ1v) is 10.3. The Kier molecular flexibility index (Phi) is 6.69. The topological polar surface area (TPSA) is 79.1 Å². The van der Waals surface area contributed by atoms with E-state index in [2.05, 4.69) is 9.88 Å². The van der Waals surface area contributed by atoms with Gasteiger partial charge in [0.15, 0.2) is 23.1 Å². The summed E-state index contributed by atoms with van der Waals surface area (Å²) in [6, 6.07) is 11.5. The number of hydrogen-bond acceptors (Lipinski definition) is 7. The minimum atomic E-state index is -0.541. The molecule has 0 spiro atoms. The second-order valence-corrected chi connectivity index (χ2v) is 7.29. The third kappa shape index (κ3) is 5.34. The van der Waals surface area contributed by atoms with Gasteiger partial charge < -0.3 is 24.7 Å². The summed E-state index contributed by atoms with van der Waals surface area (Å²) >= 11 is 0. The third-order valence-electron chi connectivity index (χ3n) is 5.10. The van der Waals surface area contributed by atoms with Gasteiger partial charge in [-0.15, -0.1) is 0 Å². The number of nitrogens with two attached hydrogens (primary N) is 1. The predicted octanol–water partition coefficient (Wildman–Crippen LogP) is 3.86. The molecule has 0 aliphatic carbocycles. The maximum atomic E-state index is 14.0. The number of aromatic nitrogens is 1. The van der Waals surface area contributed by atoms with Crippen LogP contribution in [-0.4, -0.2) is 56.4 Å². The summed E-state index contributed by atoms with van der Waals surface area (Å²) < 4.78 is 36.5. The van der Waals surface area contributed by atoms with E-state index in [1.54, 1.807) is 19.2 Å². The van der Waals surface area contributed by atoms with Crippen LogP contribution in [0.5, 0.6) is 23.1 Å². The van der Waals surface area contributed by atoms with E-state index in [0.717, 1.165) is 44.7 Å². The number of nitrogens with zero attached hydrogens (tertiary/aromatic N) is 2. The maximum absolute atomic E-state index is 14.0.